The van der Waals surface area contributed by atoms with E-state index in [9.17, 15) is 0 Å². The molecular weight excluding hydrogens is 264 g/mol. The van der Waals surface area contributed by atoms with Crippen LogP contribution >= 0.6 is 23.5 Å². The molecule has 1 fully saturated rings. The zero-order chi connectivity index (χ0) is 13.0. The summed E-state index contributed by atoms with van der Waals surface area (Å²) in [6.45, 7) is 4.90. The topological polar surface area (TPSA) is 48.1 Å². The summed E-state index contributed by atoms with van der Waals surface area (Å²) in [4.78, 5) is 4.22. The van der Waals surface area contributed by atoms with E-state index in [1.54, 1.807) is 6.20 Å². The molecule has 1 aliphatic heterocycles. The molecule has 0 radical (unpaired) electrons. The Morgan fingerprint density at radius 1 is 1.44 bits per heavy atom. The van der Waals surface area contributed by atoms with Crippen molar-refractivity contribution in [1.29, 1.82) is 0 Å². The molecule has 5 heteroatoms. The molecule has 0 saturated carbocycles. The molecular formula is C13H20N2OS2. The molecule has 1 aromatic rings. The fraction of sp³-hybridized carbons (Fsp3) is 0.615. The van der Waals surface area contributed by atoms with Gasteiger partial charge in [-0.25, -0.2) is 0 Å². The molecule has 0 bridgehead atoms. The fourth-order valence-corrected chi connectivity index (χ4v) is 4.98. The predicted octanol–water partition coefficient (Wildman–Crippen LogP) is 2.72. The lowest BCUT2D eigenvalue weighted by Crippen LogP contribution is -2.34. The summed E-state index contributed by atoms with van der Waals surface area (Å²) in [6, 6.07) is 2.05. The zero-order valence-corrected chi connectivity index (χ0v) is 12.5. The van der Waals surface area contributed by atoms with Gasteiger partial charge in [-0.3, -0.25) is 4.98 Å². The second-order valence-corrected chi connectivity index (χ2v) is 7.10. The van der Waals surface area contributed by atoms with Gasteiger partial charge in [0.25, 0.3) is 0 Å². The van der Waals surface area contributed by atoms with Gasteiger partial charge in [-0.05, 0) is 18.6 Å². The van der Waals surface area contributed by atoms with E-state index >= 15 is 0 Å². The number of nitrogens with zero attached hydrogens (tertiary/aromatic N) is 1. The van der Waals surface area contributed by atoms with Gasteiger partial charge >= 0.3 is 0 Å². The maximum absolute atomic E-state index is 6.40. The zero-order valence-electron chi connectivity index (χ0n) is 10.8. The Labute approximate surface area is 117 Å². The molecule has 0 spiro atoms. The first-order valence-corrected chi connectivity index (χ1v) is 8.38. The van der Waals surface area contributed by atoms with E-state index in [1.807, 2.05) is 42.7 Å². The van der Waals surface area contributed by atoms with Crippen molar-refractivity contribution in [3.63, 3.8) is 0 Å². The van der Waals surface area contributed by atoms with Crippen molar-refractivity contribution in [2.75, 3.05) is 18.1 Å². The third-order valence-electron chi connectivity index (χ3n) is 3.02. The molecule has 3 atom stereocenters. The minimum absolute atomic E-state index is 0.0331. The van der Waals surface area contributed by atoms with Crippen LogP contribution in [0.4, 0.5) is 0 Å². The number of ether oxygens (including phenoxy) is 1. The molecule has 100 valence electrons. The maximum Gasteiger partial charge on any atom is 0.137 e. The summed E-state index contributed by atoms with van der Waals surface area (Å²) in [5, 5.41) is 1.05. The lowest BCUT2D eigenvalue weighted by molar-refractivity contribution is 0.338. The van der Waals surface area contributed by atoms with Crippen molar-refractivity contribution >= 4 is 23.5 Å². The lowest BCUT2D eigenvalue weighted by atomic mass is 10.0. The Bertz CT molecular complexity index is 389. The van der Waals surface area contributed by atoms with Crippen LogP contribution in [0.25, 0.3) is 0 Å². The molecule has 0 aromatic carbocycles. The molecule has 3 unspecified atom stereocenters. The molecule has 18 heavy (non-hydrogen) atoms. The molecule has 2 N–H and O–H groups in total. The number of hydrogen-bond donors (Lipinski definition) is 1. The van der Waals surface area contributed by atoms with Crippen molar-refractivity contribution in [1.82, 2.24) is 4.98 Å². The predicted molar refractivity (Wildman–Crippen MR) is 80.5 cm³/mol. The summed E-state index contributed by atoms with van der Waals surface area (Å²) in [5.74, 6) is 3.23. The van der Waals surface area contributed by atoms with Crippen molar-refractivity contribution in [3.05, 3.63) is 24.0 Å². The number of aromatic nitrogens is 1. The van der Waals surface area contributed by atoms with Gasteiger partial charge in [-0.1, -0.05) is 6.92 Å². The minimum atomic E-state index is 0.0331. The van der Waals surface area contributed by atoms with Gasteiger partial charge in [0.2, 0.25) is 0 Å². The smallest absolute Gasteiger partial charge is 0.137 e. The van der Waals surface area contributed by atoms with E-state index in [2.05, 4.69) is 11.9 Å². The van der Waals surface area contributed by atoms with E-state index in [0.29, 0.717) is 17.1 Å². The van der Waals surface area contributed by atoms with Gasteiger partial charge in [0.1, 0.15) is 5.75 Å². The van der Waals surface area contributed by atoms with Gasteiger partial charge in [0, 0.05) is 34.2 Å². The van der Waals surface area contributed by atoms with E-state index in [0.717, 1.165) is 11.3 Å². The third kappa shape index (κ3) is 3.33. The highest BCUT2D eigenvalue weighted by Gasteiger charge is 2.29. The summed E-state index contributed by atoms with van der Waals surface area (Å²) >= 11 is 3.99. The van der Waals surface area contributed by atoms with Crippen LogP contribution in [0, 0.1) is 0 Å². The van der Waals surface area contributed by atoms with E-state index < -0.39 is 0 Å². The Kier molecular flexibility index (Phi) is 5.21. The first kappa shape index (κ1) is 14.0. The van der Waals surface area contributed by atoms with Crippen LogP contribution in [0.1, 0.15) is 25.5 Å². The van der Waals surface area contributed by atoms with E-state index in [4.69, 9.17) is 10.5 Å². The van der Waals surface area contributed by atoms with Crippen molar-refractivity contribution in [3.8, 4) is 5.75 Å². The fourth-order valence-electron chi connectivity index (χ4n) is 2.10. The van der Waals surface area contributed by atoms with Crippen LogP contribution in [-0.4, -0.2) is 33.6 Å². The number of pyridine rings is 1. The molecule has 1 saturated heterocycles. The Hall–Kier alpha value is -0.390. The van der Waals surface area contributed by atoms with Gasteiger partial charge in [-0.2, -0.15) is 23.5 Å². The average molecular weight is 284 g/mol. The average Bonchev–Trinajstić information content (AvgIpc) is 2.39. The monoisotopic (exact) mass is 284 g/mol. The van der Waals surface area contributed by atoms with Crippen LogP contribution in [0.15, 0.2) is 18.5 Å². The highest BCUT2D eigenvalue weighted by Crippen LogP contribution is 2.37. The highest BCUT2D eigenvalue weighted by molar-refractivity contribution is 8.07. The summed E-state index contributed by atoms with van der Waals surface area (Å²) in [5.41, 5.74) is 7.47. The Morgan fingerprint density at radius 3 is 2.94 bits per heavy atom. The van der Waals surface area contributed by atoms with Crippen LogP contribution in [0.2, 0.25) is 0 Å². The molecule has 1 aromatic heterocycles. The van der Waals surface area contributed by atoms with Gasteiger partial charge in [0.05, 0.1) is 12.8 Å². The van der Waals surface area contributed by atoms with Crippen LogP contribution in [-0.2, 0) is 0 Å². The number of rotatable bonds is 4. The van der Waals surface area contributed by atoms with E-state index in [-0.39, 0.29) is 6.04 Å². The number of hydrogen-bond acceptors (Lipinski definition) is 5. The summed E-state index contributed by atoms with van der Waals surface area (Å²) < 4.78 is 5.48. The molecule has 2 rings (SSSR count). The second-order valence-electron chi connectivity index (χ2n) is 4.32. The molecule has 0 aliphatic carbocycles. The summed E-state index contributed by atoms with van der Waals surface area (Å²) in [6.07, 6.45) is 3.60. The van der Waals surface area contributed by atoms with Crippen molar-refractivity contribution < 1.29 is 4.74 Å². The quantitative estimate of drug-likeness (QED) is 0.921. The number of nitrogens with two attached hydrogens (primary N) is 1. The maximum atomic E-state index is 6.40. The largest absolute Gasteiger partial charge is 0.492 e. The Balaban J connectivity index is 2.11. The third-order valence-corrected chi connectivity index (χ3v) is 6.24. The number of thioether (sulfide) groups is 2. The van der Waals surface area contributed by atoms with Gasteiger partial charge in [0.15, 0.2) is 0 Å². The first-order valence-electron chi connectivity index (χ1n) is 6.29. The molecule has 0 amide bonds. The Morgan fingerprint density at radius 2 is 2.22 bits per heavy atom. The van der Waals surface area contributed by atoms with E-state index in [1.165, 1.54) is 11.5 Å². The van der Waals surface area contributed by atoms with Crippen LogP contribution in [0.3, 0.4) is 0 Å². The second kappa shape index (κ2) is 6.68. The van der Waals surface area contributed by atoms with Crippen LogP contribution < -0.4 is 10.5 Å². The normalized spacial score (nSPS) is 25.7. The van der Waals surface area contributed by atoms with Gasteiger partial charge in [-0.15, -0.1) is 0 Å². The lowest BCUT2D eigenvalue weighted by Gasteiger charge is -2.32. The highest BCUT2D eigenvalue weighted by atomic mass is 32.2. The first-order chi connectivity index (χ1) is 8.72. The standard InChI is InChI=1S/C13H20N2OS2/c1-3-16-11-6-10(7-15-8-11)12(14)13-9(2)17-4-5-18-13/h6-9,12-13H,3-5,14H2,1-2H3. The summed E-state index contributed by atoms with van der Waals surface area (Å²) in [7, 11) is 0. The molecule has 1 aliphatic rings. The van der Waals surface area contributed by atoms with Crippen LogP contribution in [0.5, 0.6) is 5.75 Å². The molecule has 2 heterocycles. The minimum Gasteiger partial charge on any atom is -0.492 e. The van der Waals surface area contributed by atoms with Crippen molar-refractivity contribution in [2.24, 2.45) is 5.73 Å². The SMILES string of the molecule is CCOc1cncc(C(N)C2SCCSC2C)c1. The van der Waals surface area contributed by atoms with Crippen molar-refractivity contribution in [2.45, 2.75) is 30.4 Å². The molecule has 3 nitrogen and oxygen atoms in total. The van der Waals surface area contributed by atoms with Gasteiger partial charge < -0.3 is 10.5 Å².